The molecule has 0 radical (unpaired) electrons. The van der Waals surface area contributed by atoms with Crippen molar-refractivity contribution < 1.29 is 4.79 Å². The predicted octanol–water partition coefficient (Wildman–Crippen LogP) is 3.09. The minimum Gasteiger partial charge on any atom is -0.293 e. The standard InChI is InChI=1S/C25H23N3O3/c1-12-10-11-15(14(3)13(12)2)18-19-21(16-8-6-7-9-17(16)22(19)29)26-23-20(18)24(30)28(5)25(31)27(23)4/h6-11,18-19H,1-5H3/t18-,19+/m0/s1. The van der Waals surface area contributed by atoms with Crippen LogP contribution in [0.5, 0.6) is 0 Å². The van der Waals surface area contributed by atoms with Crippen molar-refractivity contribution >= 4 is 17.3 Å². The number of carbonyl (C=O) groups is 1. The van der Waals surface area contributed by atoms with Crippen LogP contribution in [-0.4, -0.2) is 20.6 Å². The highest BCUT2D eigenvalue weighted by Crippen LogP contribution is 2.47. The molecular formula is C25H23N3O3. The highest BCUT2D eigenvalue weighted by molar-refractivity contribution is 6.30. The Morgan fingerprint density at radius 1 is 0.806 bits per heavy atom. The van der Waals surface area contributed by atoms with Crippen molar-refractivity contribution in [1.29, 1.82) is 0 Å². The molecule has 0 bridgehead atoms. The number of fused-ring (bicyclic) bond motifs is 4. The summed E-state index contributed by atoms with van der Waals surface area (Å²) in [6.45, 7) is 6.13. The Balaban J connectivity index is 1.93. The molecule has 31 heavy (non-hydrogen) atoms. The predicted molar refractivity (Wildman–Crippen MR) is 120 cm³/mol. The molecule has 1 aromatic heterocycles. The third-order valence-corrected chi connectivity index (χ3v) is 7.02. The molecule has 2 heterocycles. The van der Waals surface area contributed by atoms with Crippen molar-refractivity contribution in [2.45, 2.75) is 26.7 Å². The van der Waals surface area contributed by atoms with E-state index in [-0.39, 0.29) is 5.78 Å². The van der Waals surface area contributed by atoms with Crippen molar-refractivity contribution in [3.05, 3.63) is 96.2 Å². The summed E-state index contributed by atoms with van der Waals surface area (Å²) in [5, 5.41) is 0. The molecule has 2 atom stereocenters. The highest BCUT2D eigenvalue weighted by Gasteiger charge is 2.48. The van der Waals surface area contributed by atoms with Gasteiger partial charge in [-0.1, -0.05) is 36.4 Å². The zero-order valence-corrected chi connectivity index (χ0v) is 18.2. The Morgan fingerprint density at radius 2 is 1.48 bits per heavy atom. The molecule has 0 fully saturated rings. The van der Waals surface area contributed by atoms with Crippen LogP contribution in [0.3, 0.4) is 0 Å². The third kappa shape index (κ3) is 2.45. The van der Waals surface area contributed by atoms with Gasteiger partial charge in [0.25, 0.3) is 5.56 Å². The van der Waals surface area contributed by atoms with Gasteiger partial charge in [-0.2, -0.15) is 0 Å². The lowest BCUT2D eigenvalue weighted by atomic mass is 9.74. The van der Waals surface area contributed by atoms with E-state index in [1.807, 2.05) is 50.2 Å². The van der Waals surface area contributed by atoms with Gasteiger partial charge in [-0.15, -0.1) is 0 Å². The SMILES string of the molecule is Cc1ccc([C@@H]2c3c(n(C)c(=O)n(C)c3=O)N=C3c4ccccc4C(=O)[C@@H]32)c(C)c1C. The number of ketones is 1. The van der Waals surface area contributed by atoms with Gasteiger partial charge in [0.2, 0.25) is 0 Å². The lowest BCUT2D eigenvalue weighted by Crippen LogP contribution is -2.43. The van der Waals surface area contributed by atoms with Crippen molar-refractivity contribution in [1.82, 2.24) is 9.13 Å². The van der Waals surface area contributed by atoms with Gasteiger partial charge in [-0.05, 0) is 43.0 Å². The van der Waals surface area contributed by atoms with Gasteiger partial charge in [0.1, 0.15) is 5.82 Å². The van der Waals surface area contributed by atoms with E-state index < -0.39 is 23.1 Å². The summed E-state index contributed by atoms with van der Waals surface area (Å²) >= 11 is 0. The second-order valence-electron chi connectivity index (χ2n) is 8.53. The first-order chi connectivity index (χ1) is 14.7. The van der Waals surface area contributed by atoms with Gasteiger partial charge < -0.3 is 0 Å². The number of aliphatic imine (C=N–C) groups is 1. The number of rotatable bonds is 1. The van der Waals surface area contributed by atoms with E-state index >= 15 is 0 Å². The zero-order valence-electron chi connectivity index (χ0n) is 18.2. The minimum absolute atomic E-state index is 0.0291. The van der Waals surface area contributed by atoms with E-state index in [1.54, 1.807) is 7.05 Å². The third-order valence-electron chi connectivity index (χ3n) is 7.02. The van der Waals surface area contributed by atoms with Crippen LogP contribution in [0.15, 0.2) is 51.0 Å². The number of aryl methyl sites for hydroxylation is 1. The van der Waals surface area contributed by atoms with Crippen molar-refractivity contribution in [3.8, 4) is 0 Å². The summed E-state index contributed by atoms with van der Waals surface area (Å²) in [5.41, 5.74) is 5.88. The number of hydrogen-bond donors (Lipinski definition) is 0. The van der Waals surface area contributed by atoms with Crippen LogP contribution < -0.4 is 11.2 Å². The van der Waals surface area contributed by atoms with Gasteiger partial charge in [0, 0.05) is 31.1 Å². The number of Topliss-reactive ketones (excluding diaryl/α,β-unsaturated/α-hetero) is 1. The maximum atomic E-state index is 13.6. The molecule has 3 aromatic rings. The van der Waals surface area contributed by atoms with Gasteiger partial charge in [-0.25, -0.2) is 9.79 Å². The normalized spacial score (nSPS) is 19.0. The Hall–Kier alpha value is -3.54. The first kappa shape index (κ1) is 19.4. The fraction of sp³-hybridized carbons (Fsp3) is 0.280. The molecule has 0 amide bonds. The van der Waals surface area contributed by atoms with Crippen LogP contribution >= 0.6 is 0 Å². The summed E-state index contributed by atoms with van der Waals surface area (Å²) < 4.78 is 2.52. The smallest absolute Gasteiger partial charge is 0.293 e. The summed E-state index contributed by atoms with van der Waals surface area (Å²) in [6, 6.07) is 11.5. The van der Waals surface area contributed by atoms with Crippen molar-refractivity contribution in [2.75, 3.05) is 0 Å². The average molecular weight is 413 g/mol. The lowest BCUT2D eigenvalue weighted by molar-refractivity contribution is 0.0953. The Labute approximate surface area is 179 Å². The van der Waals surface area contributed by atoms with Crippen molar-refractivity contribution in [3.63, 3.8) is 0 Å². The van der Waals surface area contributed by atoms with E-state index in [2.05, 4.69) is 6.92 Å². The molecule has 0 N–H and O–H groups in total. The van der Waals surface area contributed by atoms with E-state index in [4.69, 9.17) is 4.99 Å². The molecule has 156 valence electrons. The maximum absolute atomic E-state index is 13.6. The van der Waals surface area contributed by atoms with Gasteiger partial charge in [0.05, 0.1) is 17.2 Å². The molecule has 2 aliphatic rings. The molecule has 5 rings (SSSR count). The topological polar surface area (TPSA) is 73.4 Å². The Kier molecular flexibility index (Phi) is 4.06. The van der Waals surface area contributed by atoms with Crippen LogP contribution in [0.4, 0.5) is 5.82 Å². The van der Waals surface area contributed by atoms with Crippen LogP contribution in [0.2, 0.25) is 0 Å². The fourth-order valence-corrected chi connectivity index (χ4v) is 5.02. The number of benzene rings is 2. The largest absolute Gasteiger partial charge is 0.332 e. The first-order valence-corrected chi connectivity index (χ1v) is 10.3. The molecule has 0 unspecified atom stereocenters. The van der Waals surface area contributed by atoms with Crippen LogP contribution in [-0.2, 0) is 14.1 Å². The van der Waals surface area contributed by atoms with E-state index in [9.17, 15) is 14.4 Å². The zero-order chi connectivity index (χ0) is 22.2. The summed E-state index contributed by atoms with van der Waals surface area (Å²) in [7, 11) is 3.09. The van der Waals surface area contributed by atoms with Crippen LogP contribution in [0, 0.1) is 26.7 Å². The van der Waals surface area contributed by atoms with E-state index in [0.29, 0.717) is 22.7 Å². The maximum Gasteiger partial charge on any atom is 0.332 e. The molecule has 0 saturated heterocycles. The summed E-state index contributed by atoms with van der Waals surface area (Å²) in [4.78, 5) is 44.4. The van der Waals surface area contributed by atoms with Crippen molar-refractivity contribution in [2.24, 2.45) is 25.0 Å². The first-order valence-electron chi connectivity index (χ1n) is 10.3. The average Bonchev–Trinajstić information content (AvgIpc) is 3.06. The lowest BCUT2D eigenvalue weighted by Gasteiger charge is -2.31. The Morgan fingerprint density at radius 3 is 2.19 bits per heavy atom. The molecule has 1 aliphatic heterocycles. The van der Waals surface area contributed by atoms with E-state index in [0.717, 1.165) is 32.4 Å². The van der Waals surface area contributed by atoms with Gasteiger partial charge in [0.15, 0.2) is 5.78 Å². The second kappa shape index (κ2) is 6.48. The Bertz CT molecular complexity index is 1460. The van der Waals surface area contributed by atoms with Gasteiger partial charge in [-0.3, -0.25) is 18.7 Å². The number of nitrogens with zero attached hydrogens (tertiary/aromatic N) is 3. The highest BCUT2D eigenvalue weighted by atomic mass is 16.2. The van der Waals surface area contributed by atoms with Gasteiger partial charge >= 0.3 is 5.69 Å². The summed E-state index contributed by atoms with van der Waals surface area (Å²) in [6.07, 6.45) is 0. The molecule has 6 heteroatoms. The number of hydrogen-bond acceptors (Lipinski definition) is 4. The minimum atomic E-state index is -0.587. The number of carbonyl (C=O) groups excluding carboxylic acids is 1. The second-order valence-corrected chi connectivity index (χ2v) is 8.53. The van der Waals surface area contributed by atoms with Crippen LogP contribution in [0.1, 0.15) is 49.7 Å². The quantitative estimate of drug-likeness (QED) is 0.615. The molecule has 0 saturated carbocycles. The summed E-state index contributed by atoms with van der Waals surface area (Å²) in [5.74, 6) is -0.784. The molecule has 1 aliphatic carbocycles. The monoisotopic (exact) mass is 413 g/mol. The fourth-order valence-electron chi connectivity index (χ4n) is 5.02. The van der Waals surface area contributed by atoms with E-state index in [1.165, 1.54) is 11.6 Å². The molecular weight excluding hydrogens is 390 g/mol. The molecule has 2 aromatic carbocycles. The molecule has 0 spiro atoms. The number of aromatic nitrogens is 2. The van der Waals surface area contributed by atoms with Crippen LogP contribution in [0.25, 0.3) is 0 Å². The molecule has 6 nitrogen and oxygen atoms in total.